The number of nitrogens with zero attached hydrogens (tertiary/aromatic N) is 3. The molecule has 6 heteroatoms. The van der Waals surface area contributed by atoms with E-state index in [1.165, 1.54) is 25.7 Å². The number of hydrogen-bond donors (Lipinski definition) is 1. The topological polar surface area (TPSA) is 67.3 Å². The Labute approximate surface area is 179 Å². The third-order valence-corrected chi connectivity index (χ3v) is 6.61. The van der Waals surface area contributed by atoms with Crippen molar-refractivity contribution in [2.75, 3.05) is 20.2 Å². The maximum absolute atomic E-state index is 12.7. The molecule has 1 amide bonds. The van der Waals surface area contributed by atoms with E-state index in [-0.39, 0.29) is 5.91 Å². The smallest absolute Gasteiger partial charge is 0.254 e. The summed E-state index contributed by atoms with van der Waals surface area (Å²) in [4.78, 5) is 24.6. The van der Waals surface area contributed by atoms with Gasteiger partial charge in [0.1, 0.15) is 11.6 Å². The van der Waals surface area contributed by atoms with Crippen LogP contribution in [0.3, 0.4) is 0 Å². The third-order valence-electron chi connectivity index (χ3n) is 6.61. The molecule has 1 aliphatic carbocycles. The minimum Gasteiger partial charge on any atom is -0.496 e. The van der Waals surface area contributed by atoms with Crippen LogP contribution in [0.25, 0.3) is 0 Å². The van der Waals surface area contributed by atoms with Crippen molar-refractivity contribution in [1.82, 2.24) is 20.2 Å². The molecule has 0 spiro atoms. The molecule has 6 nitrogen and oxygen atoms in total. The second kappa shape index (κ2) is 9.56. The zero-order valence-electron chi connectivity index (χ0n) is 18.1. The molecule has 2 aromatic rings. The van der Waals surface area contributed by atoms with Crippen molar-refractivity contribution in [1.29, 1.82) is 0 Å². The van der Waals surface area contributed by atoms with Crippen molar-refractivity contribution in [2.45, 2.75) is 64.0 Å². The number of carbonyl (C=O) groups excluding carboxylic acids is 1. The lowest BCUT2D eigenvalue weighted by molar-refractivity contribution is 0.0949. The first-order valence-electron chi connectivity index (χ1n) is 11.1. The molecular formula is C24H32N4O2. The van der Waals surface area contributed by atoms with Crippen molar-refractivity contribution in [3.8, 4) is 5.75 Å². The minimum absolute atomic E-state index is 0.152. The number of rotatable bonds is 6. The lowest BCUT2D eigenvalue weighted by Gasteiger charge is -2.35. The fourth-order valence-corrected chi connectivity index (χ4v) is 4.82. The van der Waals surface area contributed by atoms with Crippen molar-refractivity contribution in [3.05, 3.63) is 53.1 Å². The lowest BCUT2D eigenvalue weighted by atomic mass is 9.94. The van der Waals surface area contributed by atoms with E-state index in [4.69, 9.17) is 9.72 Å². The van der Waals surface area contributed by atoms with Gasteiger partial charge in [0.15, 0.2) is 0 Å². The van der Waals surface area contributed by atoms with E-state index in [1.807, 2.05) is 31.2 Å². The van der Waals surface area contributed by atoms with E-state index in [0.29, 0.717) is 18.0 Å². The Balaban J connectivity index is 1.35. The largest absolute Gasteiger partial charge is 0.496 e. The molecule has 0 radical (unpaired) electrons. The SMILES string of the molecule is COc1ccccc1CNC(=O)c1cnc(C2CCN(C3CCCC3)CC2)nc1C. The predicted octanol–water partition coefficient (Wildman–Crippen LogP) is 3.85. The van der Waals surface area contributed by atoms with Gasteiger partial charge in [-0.15, -0.1) is 0 Å². The van der Waals surface area contributed by atoms with E-state index < -0.39 is 0 Å². The highest BCUT2D eigenvalue weighted by Gasteiger charge is 2.29. The molecule has 160 valence electrons. The van der Waals surface area contributed by atoms with Crippen LogP contribution in [0, 0.1) is 6.92 Å². The van der Waals surface area contributed by atoms with Crippen molar-refractivity contribution in [3.63, 3.8) is 0 Å². The Hall–Kier alpha value is -2.47. The number of carbonyl (C=O) groups is 1. The van der Waals surface area contributed by atoms with Crippen LogP contribution in [0.5, 0.6) is 5.75 Å². The van der Waals surface area contributed by atoms with Crippen molar-refractivity contribution < 1.29 is 9.53 Å². The summed E-state index contributed by atoms with van der Waals surface area (Å²) in [6, 6.07) is 8.49. The summed E-state index contributed by atoms with van der Waals surface area (Å²) in [6.45, 7) is 4.58. The normalized spacial score (nSPS) is 18.5. The summed E-state index contributed by atoms with van der Waals surface area (Å²) in [5.74, 6) is 1.90. The van der Waals surface area contributed by atoms with Gasteiger partial charge in [-0.25, -0.2) is 9.97 Å². The van der Waals surface area contributed by atoms with Gasteiger partial charge in [-0.2, -0.15) is 0 Å². The molecule has 1 N–H and O–H groups in total. The molecule has 2 fully saturated rings. The number of piperidine rings is 1. The Morgan fingerprint density at radius 2 is 1.90 bits per heavy atom. The molecular weight excluding hydrogens is 376 g/mol. The maximum Gasteiger partial charge on any atom is 0.254 e. The summed E-state index contributed by atoms with van der Waals surface area (Å²) in [7, 11) is 1.63. The van der Waals surface area contributed by atoms with Crippen LogP contribution < -0.4 is 10.1 Å². The van der Waals surface area contributed by atoms with Crippen molar-refractivity contribution in [2.24, 2.45) is 0 Å². The molecule has 2 aliphatic rings. The zero-order chi connectivity index (χ0) is 20.9. The standard InChI is InChI=1S/C24H32N4O2/c1-17-21(24(29)26-15-19-7-3-6-10-22(19)30-2)16-25-23(27-17)18-11-13-28(14-12-18)20-8-4-5-9-20/h3,6-7,10,16,18,20H,4-5,8-9,11-15H2,1-2H3,(H,26,29). The van der Waals surface area contributed by atoms with Gasteiger partial charge in [0.25, 0.3) is 5.91 Å². The second-order valence-electron chi connectivity index (χ2n) is 8.47. The zero-order valence-corrected chi connectivity index (χ0v) is 18.1. The Morgan fingerprint density at radius 3 is 2.60 bits per heavy atom. The number of aryl methyl sites for hydroxylation is 1. The molecule has 1 aromatic carbocycles. The molecule has 0 bridgehead atoms. The highest BCUT2D eigenvalue weighted by atomic mass is 16.5. The van der Waals surface area contributed by atoms with Gasteiger partial charge in [-0.1, -0.05) is 31.0 Å². The maximum atomic E-state index is 12.7. The summed E-state index contributed by atoms with van der Waals surface area (Å²) in [6.07, 6.45) is 9.39. The molecule has 1 saturated heterocycles. The second-order valence-corrected chi connectivity index (χ2v) is 8.47. The molecule has 0 unspecified atom stereocenters. The van der Waals surface area contributed by atoms with Crippen LogP contribution >= 0.6 is 0 Å². The molecule has 1 saturated carbocycles. The molecule has 4 rings (SSSR count). The van der Waals surface area contributed by atoms with Crippen LogP contribution in [0.4, 0.5) is 0 Å². The number of aromatic nitrogens is 2. The first-order valence-corrected chi connectivity index (χ1v) is 11.1. The highest BCUT2D eigenvalue weighted by Crippen LogP contribution is 2.31. The van der Waals surface area contributed by atoms with E-state index >= 15 is 0 Å². The predicted molar refractivity (Wildman–Crippen MR) is 117 cm³/mol. The van der Waals surface area contributed by atoms with Crippen molar-refractivity contribution >= 4 is 5.91 Å². The van der Waals surface area contributed by atoms with E-state index in [9.17, 15) is 4.79 Å². The van der Waals surface area contributed by atoms with Gasteiger partial charge in [0, 0.05) is 30.3 Å². The molecule has 30 heavy (non-hydrogen) atoms. The number of hydrogen-bond acceptors (Lipinski definition) is 5. The number of methoxy groups -OCH3 is 1. The summed E-state index contributed by atoms with van der Waals surface area (Å²) in [5.41, 5.74) is 2.23. The molecule has 1 aromatic heterocycles. The minimum atomic E-state index is -0.152. The number of amides is 1. The summed E-state index contributed by atoms with van der Waals surface area (Å²) in [5, 5.41) is 2.96. The Kier molecular flexibility index (Phi) is 6.62. The third kappa shape index (κ3) is 4.64. The van der Waals surface area contributed by atoms with E-state index in [1.54, 1.807) is 13.3 Å². The van der Waals surface area contributed by atoms with Gasteiger partial charge < -0.3 is 15.0 Å². The number of para-hydroxylation sites is 1. The number of nitrogens with one attached hydrogen (secondary N) is 1. The van der Waals surface area contributed by atoms with Crippen LogP contribution in [-0.2, 0) is 6.54 Å². The van der Waals surface area contributed by atoms with Crippen LogP contribution in [0.2, 0.25) is 0 Å². The van der Waals surface area contributed by atoms with Crippen LogP contribution in [-0.4, -0.2) is 47.0 Å². The number of ether oxygens (including phenoxy) is 1. The molecule has 1 aliphatic heterocycles. The quantitative estimate of drug-likeness (QED) is 0.786. The van der Waals surface area contributed by atoms with E-state index in [0.717, 1.165) is 54.8 Å². The number of likely N-dealkylation sites (tertiary alicyclic amines) is 1. The van der Waals surface area contributed by atoms with Crippen LogP contribution in [0.15, 0.2) is 30.5 Å². The fourth-order valence-electron chi connectivity index (χ4n) is 4.82. The summed E-state index contributed by atoms with van der Waals surface area (Å²) < 4.78 is 5.35. The van der Waals surface area contributed by atoms with Crippen LogP contribution in [0.1, 0.15) is 71.9 Å². The van der Waals surface area contributed by atoms with Gasteiger partial charge in [-0.05, 0) is 51.8 Å². The van der Waals surface area contributed by atoms with Gasteiger partial charge in [0.2, 0.25) is 0 Å². The lowest BCUT2D eigenvalue weighted by Crippen LogP contribution is -2.39. The highest BCUT2D eigenvalue weighted by molar-refractivity contribution is 5.94. The fraction of sp³-hybridized carbons (Fsp3) is 0.542. The molecule has 0 atom stereocenters. The van der Waals surface area contributed by atoms with Gasteiger partial charge in [-0.3, -0.25) is 4.79 Å². The monoisotopic (exact) mass is 408 g/mol. The van der Waals surface area contributed by atoms with Gasteiger partial charge in [0.05, 0.1) is 18.4 Å². The first-order chi connectivity index (χ1) is 14.7. The average molecular weight is 409 g/mol. The Morgan fingerprint density at radius 1 is 1.17 bits per heavy atom. The summed E-state index contributed by atoms with van der Waals surface area (Å²) >= 11 is 0. The van der Waals surface area contributed by atoms with E-state index in [2.05, 4.69) is 15.2 Å². The Bertz CT molecular complexity index is 871. The van der Waals surface area contributed by atoms with Gasteiger partial charge >= 0.3 is 0 Å². The average Bonchev–Trinajstić information content (AvgIpc) is 3.32. The first kappa shape index (κ1) is 20.8. The molecule has 2 heterocycles. The number of benzene rings is 1.